The van der Waals surface area contributed by atoms with Gasteiger partial charge in [0.1, 0.15) is 5.75 Å². The van der Waals surface area contributed by atoms with Crippen molar-refractivity contribution in [2.75, 3.05) is 45.7 Å². The molecule has 6 nitrogen and oxygen atoms in total. The van der Waals surface area contributed by atoms with E-state index in [9.17, 15) is 22.8 Å². The molecule has 1 saturated heterocycles. The van der Waals surface area contributed by atoms with Crippen LogP contribution in [0.5, 0.6) is 5.75 Å². The summed E-state index contributed by atoms with van der Waals surface area (Å²) in [4.78, 5) is 29.2. The van der Waals surface area contributed by atoms with Gasteiger partial charge in [-0.25, -0.2) is 0 Å². The third-order valence-electron chi connectivity index (χ3n) is 5.23. The van der Waals surface area contributed by atoms with Crippen LogP contribution in [0, 0.1) is 0 Å². The highest BCUT2D eigenvalue weighted by Gasteiger charge is 2.30. The lowest BCUT2D eigenvalue weighted by Crippen LogP contribution is -2.47. The van der Waals surface area contributed by atoms with Crippen molar-refractivity contribution in [2.24, 2.45) is 0 Å². The first-order chi connectivity index (χ1) is 15.6. The number of alkyl halides is 3. The number of methoxy groups -OCH3 is 1. The van der Waals surface area contributed by atoms with Crippen molar-refractivity contribution in [1.82, 2.24) is 9.80 Å². The van der Waals surface area contributed by atoms with E-state index < -0.39 is 17.6 Å². The van der Waals surface area contributed by atoms with Crippen LogP contribution < -0.4 is 10.1 Å². The molecular formula is C23H23ClF3N3O3. The highest BCUT2D eigenvalue weighted by atomic mass is 35.5. The molecule has 1 N–H and O–H groups in total. The van der Waals surface area contributed by atoms with E-state index in [-0.39, 0.29) is 22.2 Å². The molecule has 2 aromatic carbocycles. The average Bonchev–Trinajstić information content (AvgIpc) is 2.77. The monoisotopic (exact) mass is 481 g/mol. The van der Waals surface area contributed by atoms with Gasteiger partial charge >= 0.3 is 6.18 Å². The Morgan fingerprint density at radius 2 is 1.79 bits per heavy atom. The van der Waals surface area contributed by atoms with Gasteiger partial charge < -0.3 is 19.9 Å². The predicted octanol–water partition coefficient (Wildman–Crippen LogP) is 4.41. The molecule has 10 heteroatoms. The number of rotatable bonds is 5. The Balaban J connectivity index is 1.76. The molecule has 1 aliphatic rings. The molecule has 0 unspecified atom stereocenters. The molecule has 1 aliphatic heterocycles. The Morgan fingerprint density at radius 3 is 2.42 bits per heavy atom. The number of hydrogen-bond donors (Lipinski definition) is 1. The summed E-state index contributed by atoms with van der Waals surface area (Å²) >= 11 is 5.96. The van der Waals surface area contributed by atoms with E-state index in [0.29, 0.717) is 24.4 Å². The smallest absolute Gasteiger partial charge is 0.416 e. The number of anilines is 1. The second kappa shape index (κ2) is 10.3. The Kier molecular flexibility index (Phi) is 7.65. The van der Waals surface area contributed by atoms with Crippen LogP contribution in [0.1, 0.15) is 21.5 Å². The lowest BCUT2D eigenvalue weighted by Gasteiger charge is -2.32. The van der Waals surface area contributed by atoms with E-state index in [4.69, 9.17) is 16.3 Å². The summed E-state index contributed by atoms with van der Waals surface area (Å²) < 4.78 is 44.1. The molecule has 0 radical (unpaired) electrons. The molecule has 0 aliphatic carbocycles. The third-order valence-corrected chi connectivity index (χ3v) is 5.58. The van der Waals surface area contributed by atoms with Crippen LogP contribution >= 0.6 is 11.6 Å². The molecule has 3 rings (SSSR count). The first kappa shape index (κ1) is 24.6. The Hall–Kier alpha value is -3.04. The molecule has 1 heterocycles. The summed E-state index contributed by atoms with van der Waals surface area (Å²) in [6.45, 7) is 2.75. The maximum absolute atomic E-state index is 12.9. The van der Waals surface area contributed by atoms with E-state index in [1.807, 2.05) is 7.05 Å². The number of carbonyl (C=O) groups excluding carboxylic acids is 2. The van der Waals surface area contributed by atoms with Crippen molar-refractivity contribution < 1.29 is 27.5 Å². The van der Waals surface area contributed by atoms with Crippen molar-refractivity contribution in [3.8, 4) is 5.75 Å². The van der Waals surface area contributed by atoms with E-state index in [0.717, 1.165) is 37.4 Å². The topological polar surface area (TPSA) is 61.9 Å². The highest BCUT2D eigenvalue weighted by molar-refractivity contribution is 6.32. The summed E-state index contributed by atoms with van der Waals surface area (Å²) in [5.74, 6) is -0.442. The molecule has 2 amide bonds. The number of benzene rings is 2. The number of nitrogens with zero attached hydrogens (tertiary/aromatic N) is 2. The Bertz CT molecular complexity index is 1060. The quantitative estimate of drug-likeness (QED) is 0.643. The maximum atomic E-state index is 12.9. The van der Waals surface area contributed by atoms with Crippen LogP contribution in [0.3, 0.4) is 0 Å². The fourth-order valence-electron chi connectivity index (χ4n) is 3.32. The average molecular weight is 482 g/mol. The third kappa shape index (κ3) is 6.27. The Morgan fingerprint density at radius 1 is 1.09 bits per heavy atom. The van der Waals surface area contributed by atoms with Gasteiger partial charge in [-0.15, -0.1) is 0 Å². The lowest BCUT2D eigenvalue weighted by molar-refractivity contribution is -0.137. The number of amides is 2. The number of halogens is 4. The SMILES string of the molecule is COc1ccc(C(=O)N2CCN(C)CC2)cc1NC(=O)/C=C/c1cc(C(F)(F)F)ccc1Cl. The van der Waals surface area contributed by atoms with Gasteiger partial charge in [-0.1, -0.05) is 11.6 Å². The minimum absolute atomic E-state index is 0.0487. The van der Waals surface area contributed by atoms with Gasteiger partial charge in [0.2, 0.25) is 5.91 Å². The zero-order valence-electron chi connectivity index (χ0n) is 18.1. The van der Waals surface area contributed by atoms with Crippen molar-refractivity contribution >= 4 is 35.2 Å². The summed E-state index contributed by atoms with van der Waals surface area (Å²) in [6.07, 6.45) is -2.27. The summed E-state index contributed by atoms with van der Waals surface area (Å²) in [5, 5.41) is 2.68. The predicted molar refractivity (Wildman–Crippen MR) is 121 cm³/mol. The zero-order valence-corrected chi connectivity index (χ0v) is 18.8. The van der Waals surface area contributed by atoms with Crippen molar-refractivity contribution in [3.05, 3.63) is 64.2 Å². The summed E-state index contributed by atoms with van der Waals surface area (Å²) in [5.41, 5.74) is -0.167. The zero-order chi connectivity index (χ0) is 24.2. The molecule has 0 bridgehead atoms. The standard InChI is InChI=1S/C23H23ClF3N3O3/c1-29-9-11-30(12-10-29)22(32)16-3-7-20(33-2)19(14-16)28-21(31)8-4-15-13-17(23(25,26)27)5-6-18(15)24/h3-8,13-14H,9-12H2,1-2H3,(H,28,31)/b8-4+. The van der Waals surface area contributed by atoms with Gasteiger partial charge in [0, 0.05) is 42.8 Å². The number of hydrogen-bond acceptors (Lipinski definition) is 4. The molecule has 176 valence electrons. The molecule has 0 saturated carbocycles. The fourth-order valence-corrected chi connectivity index (χ4v) is 3.50. The molecular weight excluding hydrogens is 459 g/mol. The van der Waals surface area contributed by atoms with Crippen LogP contribution in [0.2, 0.25) is 5.02 Å². The maximum Gasteiger partial charge on any atom is 0.416 e. The number of carbonyl (C=O) groups is 2. The van der Waals surface area contributed by atoms with Gasteiger partial charge in [0.25, 0.3) is 5.91 Å². The normalized spacial score (nSPS) is 15.0. The van der Waals surface area contributed by atoms with Gasteiger partial charge in [-0.05, 0) is 55.1 Å². The van der Waals surface area contributed by atoms with Crippen molar-refractivity contribution in [1.29, 1.82) is 0 Å². The number of piperazine rings is 1. The largest absolute Gasteiger partial charge is 0.495 e. The minimum Gasteiger partial charge on any atom is -0.495 e. The molecule has 33 heavy (non-hydrogen) atoms. The van der Waals surface area contributed by atoms with E-state index >= 15 is 0 Å². The molecule has 0 spiro atoms. The number of ether oxygens (including phenoxy) is 1. The van der Waals surface area contributed by atoms with E-state index in [1.165, 1.54) is 19.3 Å². The second-order valence-electron chi connectivity index (χ2n) is 7.57. The van der Waals surface area contributed by atoms with Gasteiger partial charge in [0.05, 0.1) is 18.4 Å². The highest BCUT2D eigenvalue weighted by Crippen LogP contribution is 2.32. The van der Waals surface area contributed by atoms with Crippen molar-refractivity contribution in [2.45, 2.75) is 6.18 Å². The van der Waals surface area contributed by atoms with E-state index in [2.05, 4.69) is 10.2 Å². The first-order valence-corrected chi connectivity index (χ1v) is 10.5. The van der Waals surface area contributed by atoms with Crippen LogP contribution in [0.4, 0.5) is 18.9 Å². The van der Waals surface area contributed by atoms with Gasteiger partial charge in [-0.2, -0.15) is 13.2 Å². The number of likely N-dealkylation sites (N-methyl/N-ethyl adjacent to an activating group) is 1. The van der Waals surface area contributed by atoms with E-state index in [1.54, 1.807) is 17.0 Å². The molecule has 2 aromatic rings. The molecule has 0 aromatic heterocycles. The van der Waals surface area contributed by atoms with Crippen LogP contribution in [0.25, 0.3) is 6.08 Å². The number of nitrogens with one attached hydrogen (secondary N) is 1. The van der Waals surface area contributed by atoms with Crippen molar-refractivity contribution in [3.63, 3.8) is 0 Å². The fraction of sp³-hybridized carbons (Fsp3) is 0.304. The summed E-state index contributed by atoms with van der Waals surface area (Å²) in [6, 6.07) is 7.57. The minimum atomic E-state index is -4.53. The van der Waals surface area contributed by atoms with Gasteiger partial charge in [-0.3, -0.25) is 9.59 Å². The lowest BCUT2D eigenvalue weighted by atomic mass is 10.1. The second-order valence-corrected chi connectivity index (χ2v) is 7.97. The Labute approximate surface area is 194 Å². The van der Waals surface area contributed by atoms with Crippen LogP contribution in [-0.2, 0) is 11.0 Å². The molecule has 1 fully saturated rings. The first-order valence-electron chi connectivity index (χ1n) is 10.1. The van der Waals surface area contributed by atoms with Crippen LogP contribution in [0.15, 0.2) is 42.5 Å². The van der Waals surface area contributed by atoms with Gasteiger partial charge in [0.15, 0.2) is 0 Å². The molecule has 0 atom stereocenters. The van der Waals surface area contributed by atoms with Crippen LogP contribution in [-0.4, -0.2) is 62.0 Å². The summed E-state index contributed by atoms with van der Waals surface area (Å²) in [7, 11) is 3.41.